The molecule has 65 heavy (non-hydrogen) atoms. The summed E-state index contributed by atoms with van der Waals surface area (Å²) in [5, 5.41) is 18.6. The zero-order valence-corrected chi connectivity index (χ0v) is 41.9. The molecule has 5 heterocycles. The van der Waals surface area contributed by atoms with Crippen LogP contribution in [0.4, 0.5) is 0 Å². The minimum absolute atomic E-state index is 0.0280. The predicted molar refractivity (Wildman–Crippen MR) is 263 cm³/mol. The summed E-state index contributed by atoms with van der Waals surface area (Å²) in [5.41, 5.74) is 9.83. The molecular formula is C55H82N4O6. The average Bonchev–Trinajstić information content (AvgIpc) is 4.00. The summed E-state index contributed by atoms with van der Waals surface area (Å²) in [7, 11) is 1.31. The van der Waals surface area contributed by atoms with Crippen molar-refractivity contribution in [1.29, 1.82) is 0 Å². The fourth-order valence-corrected chi connectivity index (χ4v) is 11.4. The lowest BCUT2D eigenvalue weighted by molar-refractivity contribution is -0.144. The van der Waals surface area contributed by atoms with Gasteiger partial charge in [-0.1, -0.05) is 113 Å². The minimum Gasteiger partial charge on any atom is -0.466 e. The Labute approximate surface area is 390 Å². The third-order valence-corrected chi connectivity index (χ3v) is 15.6. The van der Waals surface area contributed by atoms with Gasteiger partial charge < -0.3 is 35.2 Å². The van der Waals surface area contributed by atoms with Crippen LogP contribution in [0.25, 0.3) is 23.8 Å². The molecule has 1 aliphatic carbocycles. The van der Waals surface area contributed by atoms with Crippen LogP contribution in [0.1, 0.15) is 202 Å². The van der Waals surface area contributed by atoms with E-state index < -0.39 is 18.1 Å². The van der Waals surface area contributed by atoms with Gasteiger partial charge in [0.2, 0.25) is 5.78 Å². The molecular weight excluding hydrogens is 813 g/mol. The molecule has 9 atom stereocenters. The second kappa shape index (κ2) is 22.0. The Morgan fingerprint density at radius 2 is 1.34 bits per heavy atom. The fraction of sp³-hybridized carbons (Fsp3) is 0.655. The van der Waals surface area contributed by atoms with Crippen molar-refractivity contribution in [2.24, 2.45) is 47.3 Å². The number of allylic oxidation sites excluding steroid dienone is 3. The number of rotatable bonds is 21. The summed E-state index contributed by atoms with van der Waals surface area (Å²) >= 11 is 0. The van der Waals surface area contributed by atoms with Crippen molar-refractivity contribution in [2.75, 3.05) is 13.7 Å². The van der Waals surface area contributed by atoms with Gasteiger partial charge >= 0.3 is 11.9 Å². The number of aliphatic hydroxyl groups excluding tert-OH is 1. The zero-order chi connectivity index (χ0) is 47.3. The van der Waals surface area contributed by atoms with Crippen molar-refractivity contribution in [2.45, 2.75) is 172 Å². The number of ether oxygens (including phenoxy) is 2. The Balaban J connectivity index is 1.18. The molecule has 6 rings (SSSR count). The Bertz CT molecular complexity index is 2160. The number of fused-ring (bicyclic) bond motifs is 8. The number of ketones is 1. The van der Waals surface area contributed by atoms with E-state index in [2.05, 4.69) is 94.2 Å². The largest absolute Gasteiger partial charge is 0.466 e. The molecule has 2 fully saturated rings. The Morgan fingerprint density at radius 1 is 0.754 bits per heavy atom. The number of methoxy groups -OCH3 is 1. The normalized spacial score (nSPS) is 25.5. The highest BCUT2D eigenvalue weighted by molar-refractivity contribution is 6.34. The predicted octanol–water partition coefficient (Wildman–Crippen LogP) is 12.2. The molecule has 0 radical (unpaired) electrons. The quantitative estimate of drug-likeness (QED) is 0.0615. The number of Topliss-reactive ketones (excluding diaryl/α,β-unsaturated/α-hetero) is 1. The fourth-order valence-electron chi connectivity index (χ4n) is 11.4. The smallest absolute Gasteiger partial charge is 0.342 e. The molecule has 0 spiro atoms. The number of carbonyl (C=O) groups excluding carboxylic acids is 3. The van der Waals surface area contributed by atoms with E-state index in [0.717, 1.165) is 87.9 Å². The molecule has 358 valence electrons. The summed E-state index contributed by atoms with van der Waals surface area (Å²) in [6, 6.07) is -0.485. The molecule has 4 aliphatic rings. The monoisotopic (exact) mass is 895 g/mol. The second-order valence-electron chi connectivity index (χ2n) is 21.0. The number of H-pyrrole nitrogens is 2. The van der Waals surface area contributed by atoms with Crippen LogP contribution in [0.2, 0.25) is 0 Å². The Kier molecular flexibility index (Phi) is 17.0. The highest BCUT2D eigenvalue weighted by atomic mass is 16.5. The maximum Gasteiger partial charge on any atom is 0.342 e. The van der Waals surface area contributed by atoms with Crippen molar-refractivity contribution < 1.29 is 29.0 Å². The average molecular weight is 895 g/mol. The molecule has 3 aliphatic heterocycles. The molecule has 0 amide bonds. The molecule has 8 bridgehead atoms. The van der Waals surface area contributed by atoms with Crippen LogP contribution in [0.5, 0.6) is 0 Å². The molecule has 3 unspecified atom stereocenters. The van der Waals surface area contributed by atoms with E-state index in [1.807, 2.05) is 13.8 Å². The summed E-state index contributed by atoms with van der Waals surface area (Å²) < 4.78 is 11.2. The molecule has 2 aromatic heterocycles. The van der Waals surface area contributed by atoms with Gasteiger partial charge in [-0.05, 0) is 99.0 Å². The SMILES string of the molecule is CC[C@H]1/C2=C/c3[nH]c4c(c3C)C(=O)C(C(=O)OC)=C4C3N/C(=C\c4[nH]c(c(C(C)O)c4C)/C=C(\N2)[C@@H]1C)[C@@H](C)[C@@H]3CCC(=O)OCCC(C)CCC[C@H](C)CCC[C@H](C)CCCC(C)C. The first-order valence-electron chi connectivity index (χ1n) is 25.3. The molecule has 0 saturated carbocycles. The number of carbonyl (C=O) groups is 3. The summed E-state index contributed by atoms with van der Waals surface area (Å²) in [5.74, 6) is 1.72. The van der Waals surface area contributed by atoms with E-state index in [1.54, 1.807) is 6.92 Å². The summed E-state index contributed by atoms with van der Waals surface area (Å²) in [4.78, 5) is 48.8. The van der Waals surface area contributed by atoms with Crippen molar-refractivity contribution in [3.8, 4) is 0 Å². The van der Waals surface area contributed by atoms with Crippen molar-refractivity contribution in [3.63, 3.8) is 0 Å². The standard InChI is InChI=1S/C55H82N4O6/c1-13-39-34(7)41-29-46-48(38(11)60)36(9)43(57-46)27-42-35(8)40(52(58-42)50-51(55(63)64-12)54(62)49-37(10)44(59-53(49)50)28-45(39)56-41)23-24-47(61)65-26-25-33(6)22-16-21-32(5)20-15-19-31(4)18-14-17-30(2)3/h27-35,38-40,52,56-60H,13-26H2,1-12H3/b41-29-,42-27-,45-28-/t31-,32-,33?,34-,35+,38?,39-,40+,52?/m1/s1. The van der Waals surface area contributed by atoms with Gasteiger partial charge in [0.05, 0.1) is 37.1 Å². The van der Waals surface area contributed by atoms with Gasteiger partial charge in [0.25, 0.3) is 0 Å². The van der Waals surface area contributed by atoms with Crippen LogP contribution in [-0.2, 0) is 19.1 Å². The van der Waals surface area contributed by atoms with E-state index in [4.69, 9.17) is 9.47 Å². The first-order valence-corrected chi connectivity index (χ1v) is 25.3. The number of aliphatic hydroxyl groups is 1. The van der Waals surface area contributed by atoms with Gasteiger partial charge in [0, 0.05) is 69.5 Å². The van der Waals surface area contributed by atoms with Crippen LogP contribution in [0.3, 0.4) is 0 Å². The number of hydrogen-bond donors (Lipinski definition) is 5. The maximum absolute atomic E-state index is 14.4. The van der Waals surface area contributed by atoms with Gasteiger partial charge in [-0.25, -0.2) is 4.79 Å². The number of aromatic nitrogens is 2. The Hall–Kier alpha value is -4.31. The van der Waals surface area contributed by atoms with Gasteiger partial charge in [-0.15, -0.1) is 0 Å². The number of esters is 2. The first kappa shape index (κ1) is 50.1. The van der Waals surface area contributed by atoms with Gasteiger partial charge in [0.1, 0.15) is 5.57 Å². The lowest BCUT2D eigenvalue weighted by Gasteiger charge is -2.23. The van der Waals surface area contributed by atoms with E-state index in [-0.39, 0.29) is 47.4 Å². The molecule has 10 nitrogen and oxygen atoms in total. The lowest BCUT2D eigenvalue weighted by Crippen LogP contribution is -2.31. The Morgan fingerprint density at radius 3 is 1.94 bits per heavy atom. The van der Waals surface area contributed by atoms with Crippen molar-refractivity contribution >= 4 is 41.5 Å². The van der Waals surface area contributed by atoms with Crippen molar-refractivity contribution in [3.05, 3.63) is 67.7 Å². The van der Waals surface area contributed by atoms with Crippen molar-refractivity contribution in [1.82, 2.24) is 20.6 Å². The van der Waals surface area contributed by atoms with Crippen LogP contribution >= 0.6 is 0 Å². The van der Waals surface area contributed by atoms with E-state index >= 15 is 0 Å². The molecule has 5 N–H and O–H groups in total. The minimum atomic E-state index is -0.707. The van der Waals surface area contributed by atoms with E-state index in [9.17, 15) is 19.5 Å². The van der Waals surface area contributed by atoms with Gasteiger partial charge in [-0.2, -0.15) is 0 Å². The van der Waals surface area contributed by atoms with Gasteiger partial charge in [0.15, 0.2) is 0 Å². The van der Waals surface area contributed by atoms with Crippen LogP contribution in [-0.4, -0.2) is 52.6 Å². The third-order valence-electron chi connectivity index (χ3n) is 15.6. The zero-order valence-electron chi connectivity index (χ0n) is 41.9. The highest BCUT2D eigenvalue weighted by Crippen LogP contribution is 2.48. The molecule has 2 saturated heterocycles. The lowest BCUT2D eigenvalue weighted by atomic mass is 9.82. The first-order chi connectivity index (χ1) is 30.9. The summed E-state index contributed by atoms with van der Waals surface area (Å²) in [6.07, 6.45) is 19.7. The third kappa shape index (κ3) is 11.3. The van der Waals surface area contributed by atoms with E-state index in [1.165, 1.54) is 58.5 Å². The molecule has 0 aromatic carbocycles. The number of hydrogen-bond acceptors (Lipinski definition) is 8. The molecule has 2 aromatic rings. The second-order valence-corrected chi connectivity index (χ2v) is 21.0. The summed E-state index contributed by atoms with van der Waals surface area (Å²) in [6.45, 7) is 24.4. The van der Waals surface area contributed by atoms with Crippen LogP contribution < -0.4 is 10.6 Å². The van der Waals surface area contributed by atoms with Gasteiger partial charge in [-0.3, -0.25) is 9.59 Å². The number of aromatic amines is 2. The van der Waals surface area contributed by atoms with Crippen LogP contribution in [0, 0.1) is 61.2 Å². The topological polar surface area (TPSA) is 146 Å². The maximum atomic E-state index is 14.4. The highest BCUT2D eigenvalue weighted by Gasteiger charge is 2.48. The van der Waals surface area contributed by atoms with E-state index in [0.29, 0.717) is 35.8 Å². The van der Waals surface area contributed by atoms with Crippen LogP contribution in [0.15, 0.2) is 22.7 Å². The number of nitrogens with one attached hydrogen (secondary N) is 4. The molecule has 10 heteroatoms.